The third-order valence-corrected chi connectivity index (χ3v) is 1.80. The van der Waals surface area contributed by atoms with E-state index >= 15 is 0 Å². The van der Waals surface area contributed by atoms with Crippen molar-refractivity contribution in [2.75, 3.05) is 13.1 Å². The number of nitrogens with two attached hydrogens (primary N) is 1. The van der Waals surface area contributed by atoms with Gasteiger partial charge in [0.2, 0.25) is 0 Å². The first-order chi connectivity index (χ1) is 5.36. The smallest absolute Gasteiger partial charge is 0.0726 e. The van der Waals surface area contributed by atoms with Crippen LogP contribution in [0.4, 0.5) is 0 Å². The minimum absolute atomic E-state index is 0.174. The van der Waals surface area contributed by atoms with Crippen LogP contribution < -0.4 is 5.32 Å². The largest absolute Gasteiger partial charge is 0.741 e. The monoisotopic (exact) mass is 191 g/mol. The van der Waals surface area contributed by atoms with Crippen molar-refractivity contribution >= 4 is 17.7 Å². The summed E-state index contributed by atoms with van der Waals surface area (Å²) in [5, 5.41) is 2.08. The number of hydrogen-bond acceptors (Lipinski definition) is 2. The number of carbonyl (C=O) groups is 1. The zero-order chi connectivity index (χ0) is 10.2. The average Bonchev–Trinajstić information content (AvgIpc) is 1.88. The van der Waals surface area contributed by atoms with Gasteiger partial charge in [-0.1, -0.05) is 20.8 Å². The van der Waals surface area contributed by atoms with E-state index in [2.05, 4.69) is 31.8 Å². The zero-order valence-corrected chi connectivity index (χ0v) is 9.62. The first-order valence-corrected chi connectivity index (χ1v) is 4.80. The van der Waals surface area contributed by atoms with Crippen LogP contribution in [0.2, 0.25) is 0 Å². The molecular formula is C9H21NOS. The fraction of sp³-hybridized carbons (Fsp3) is 0.889. The lowest BCUT2D eigenvalue weighted by atomic mass is 10.00. The van der Waals surface area contributed by atoms with Gasteiger partial charge in [-0.2, -0.15) is 0 Å². The van der Waals surface area contributed by atoms with E-state index in [1.165, 1.54) is 13.1 Å². The average molecular weight is 191 g/mol. The number of carbonyl (C=O) groups excluding carboxylic acids is 1. The Balaban J connectivity index is 0. The Labute approximate surface area is 81.5 Å². The molecule has 0 aromatic rings. The van der Waals surface area contributed by atoms with Crippen LogP contribution in [0.25, 0.3) is 0 Å². The summed E-state index contributed by atoms with van der Waals surface area (Å²) in [7, 11) is 0. The minimum Gasteiger partial charge on any atom is -0.741 e. The van der Waals surface area contributed by atoms with E-state index in [4.69, 9.17) is 0 Å². The van der Waals surface area contributed by atoms with Crippen molar-refractivity contribution in [1.82, 2.24) is 0 Å². The van der Waals surface area contributed by atoms with Crippen molar-refractivity contribution in [3.63, 3.8) is 0 Å². The van der Waals surface area contributed by atoms with E-state index in [1.807, 2.05) is 20.8 Å². The molecule has 0 radical (unpaired) electrons. The molecule has 12 heavy (non-hydrogen) atoms. The van der Waals surface area contributed by atoms with Gasteiger partial charge >= 0.3 is 0 Å². The molecule has 0 aliphatic heterocycles. The lowest BCUT2D eigenvalue weighted by molar-refractivity contribution is -0.648. The van der Waals surface area contributed by atoms with Gasteiger partial charge in [-0.25, -0.2) is 0 Å². The van der Waals surface area contributed by atoms with Crippen molar-refractivity contribution in [3.05, 3.63) is 0 Å². The normalized spacial score (nSPS) is 10.1. The molecule has 0 aliphatic carbocycles. The lowest BCUT2D eigenvalue weighted by Gasteiger charge is -2.20. The molecular weight excluding hydrogens is 170 g/mol. The minimum atomic E-state index is -0.324. The Morgan fingerprint density at radius 3 is 1.50 bits per heavy atom. The van der Waals surface area contributed by atoms with Crippen LogP contribution in [-0.4, -0.2) is 18.2 Å². The second kappa shape index (κ2) is 7.50. The van der Waals surface area contributed by atoms with Crippen LogP contribution in [0.15, 0.2) is 0 Å². The van der Waals surface area contributed by atoms with Crippen molar-refractivity contribution in [3.8, 4) is 0 Å². The lowest BCUT2D eigenvalue weighted by Crippen LogP contribution is -2.82. The maximum atomic E-state index is 10.3. The van der Waals surface area contributed by atoms with Gasteiger partial charge in [-0.3, -0.25) is 0 Å². The van der Waals surface area contributed by atoms with Gasteiger partial charge in [-0.15, -0.1) is 0 Å². The molecule has 0 spiro atoms. The maximum absolute atomic E-state index is 10.3. The van der Waals surface area contributed by atoms with E-state index in [-0.39, 0.29) is 10.5 Å². The number of hydrogen-bond donors (Lipinski definition) is 1. The van der Waals surface area contributed by atoms with Gasteiger partial charge in [0.15, 0.2) is 0 Å². The molecule has 2 nitrogen and oxygen atoms in total. The maximum Gasteiger partial charge on any atom is 0.0726 e. The predicted molar refractivity (Wildman–Crippen MR) is 54.8 cm³/mol. The second-order valence-corrected chi connectivity index (χ2v) is 4.01. The van der Waals surface area contributed by atoms with Gasteiger partial charge in [0.05, 0.1) is 13.1 Å². The van der Waals surface area contributed by atoms with Crippen LogP contribution in [-0.2, 0) is 17.4 Å². The van der Waals surface area contributed by atoms with Crippen LogP contribution in [0, 0.1) is 5.41 Å². The molecule has 74 valence electrons. The molecule has 0 aromatic carbocycles. The quantitative estimate of drug-likeness (QED) is 0.652. The standard InChI is InChI=1S/C5H10OS.C4H11N/c1-5(2,3)4(6)7;1-3-5-4-2/h1-3H3,(H,6,7);5H,3-4H2,1-2H3. The molecule has 0 aromatic heterocycles. The molecule has 0 saturated heterocycles. The highest BCUT2D eigenvalue weighted by atomic mass is 32.1. The Bertz CT molecular complexity index is 116. The topological polar surface area (TPSA) is 33.7 Å². The molecule has 0 fully saturated rings. The fourth-order valence-corrected chi connectivity index (χ4v) is 0.289. The van der Waals surface area contributed by atoms with Crippen molar-refractivity contribution < 1.29 is 10.1 Å². The van der Waals surface area contributed by atoms with Crippen LogP contribution in [0.5, 0.6) is 0 Å². The van der Waals surface area contributed by atoms with E-state index < -0.39 is 0 Å². The van der Waals surface area contributed by atoms with Crippen molar-refractivity contribution in [2.24, 2.45) is 5.41 Å². The molecule has 0 saturated carbocycles. The third kappa shape index (κ3) is 12.5. The van der Waals surface area contributed by atoms with Gasteiger partial charge in [0.1, 0.15) is 0 Å². The van der Waals surface area contributed by atoms with E-state index in [0.29, 0.717) is 0 Å². The summed E-state index contributed by atoms with van der Waals surface area (Å²) in [6, 6.07) is 0. The summed E-state index contributed by atoms with van der Waals surface area (Å²) in [6.45, 7) is 12.2. The highest BCUT2D eigenvalue weighted by Crippen LogP contribution is 2.12. The van der Waals surface area contributed by atoms with E-state index in [1.54, 1.807) is 0 Å². The van der Waals surface area contributed by atoms with Crippen LogP contribution >= 0.6 is 0 Å². The highest BCUT2D eigenvalue weighted by molar-refractivity contribution is 7.77. The fourth-order valence-electron chi connectivity index (χ4n) is 0.289. The highest BCUT2D eigenvalue weighted by Gasteiger charge is 2.08. The Hall–Kier alpha value is -0.150. The van der Waals surface area contributed by atoms with Gasteiger partial charge in [-0.05, 0) is 19.3 Å². The third-order valence-electron chi connectivity index (χ3n) is 1.19. The molecule has 0 unspecified atom stereocenters. The van der Waals surface area contributed by atoms with Crippen LogP contribution in [0.3, 0.4) is 0 Å². The molecule has 0 amide bonds. The van der Waals surface area contributed by atoms with Gasteiger partial charge in [0, 0.05) is 5.12 Å². The Morgan fingerprint density at radius 2 is 1.50 bits per heavy atom. The Kier molecular flexibility index (Phi) is 8.98. The van der Waals surface area contributed by atoms with E-state index in [0.717, 1.165) is 0 Å². The summed E-state index contributed by atoms with van der Waals surface area (Å²) >= 11 is 4.38. The summed E-state index contributed by atoms with van der Waals surface area (Å²) in [4.78, 5) is 10.3. The molecule has 3 heteroatoms. The van der Waals surface area contributed by atoms with Crippen molar-refractivity contribution in [1.29, 1.82) is 0 Å². The van der Waals surface area contributed by atoms with Crippen molar-refractivity contribution in [2.45, 2.75) is 34.6 Å². The molecule has 0 heterocycles. The second-order valence-electron chi connectivity index (χ2n) is 3.64. The first kappa shape index (κ1) is 14.4. The SMILES string of the molecule is CC(C)(C)C(=O)[S-].CC[NH2+]CC. The zero-order valence-electron chi connectivity index (χ0n) is 8.81. The van der Waals surface area contributed by atoms with Gasteiger partial charge < -0.3 is 22.7 Å². The first-order valence-electron chi connectivity index (χ1n) is 4.39. The van der Waals surface area contributed by atoms with Crippen LogP contribution in [0.1, 0.15) is 34.6 Å². The summed E-state index contributed by atoms with van der Waals surface area (Å²) in [5.41, 5.74) is -0.324. The summed E-state index contributed by atoms with van der Waals surface area (Å²) < 4.78 is 0. The number of quaternary nitrogens is 1. The molecule has 0 rings (SSSR count). The Morgan fingerprint density at radius 1 is 1.25 bits per heavy atom. The summed E-state index contributed by atoms with van der Waals surface area (Å²) in [5.74, 6) is 0. The predicted octanol–water partition coefficient (Wildman–Crippen LogP) is 0.696. The summed E-state index contributed by atoms with van der Waals surface area (Å²) in [6.07, 6.45) is 0. The molecule has 0 aliphatic rings. The molecule has 0 atom stereocenters. The molecule has 2 N–H and O–H groups in total. The molecule has 0 bridgehead atoms. The van der Waals surface area contributed by atoms with Gasteiger partial charge in [0.25, 0.3) is 0 Å². The van der Waals surface area contributed by atoms with E-state index in [9.17, 15) is 4.79 Å². The number of rotatable bonds is 2.